The average molecular weight is 413 g/mol. The van der Waals surface area contributed by atoms with Gasteiger partial charge in [0.15, 0.2) is 11.6 Å². The molecular weight excluding hydrogens is 395 g/mol. The molecular formula is C20H18Cl2N6. The monoisotopic (exact) mass is 412 g/mol. The molecule has 2 aromatic carbocycles. The first-order chi connectivity index (χ1) is 13.6. The number of aromatic amines is 1. The Morgan fingerprint density at radius 3 is 2.64 bits per heavy atom. The maximum atomic E-state index is 6.30. The van der Waals surface area contributed by atoms with Gasteiger partial charge in [0.25, 0.3) is 0 Å². The molecule has 0 radical (unpaired) electrons. The molecule has 0 unspecified atom stereocenters. The minimum Gasteiger partial charge on any atom is -0.368 e. The molecule has 4 aromatic rings. The first-order valence-corrected chi connectivity index (χ1v) is 9.58. The summed E-state index contributed by atoms with van der Waals surface area (Å²) >= 11 is 12.3. The van der Waals surface area contributed by atoms with Crippen molar-refractivity contribution < 1.29 is 0 Å². The van der Waals surface area contributed by atoms with Crippen LogP contribution in [-0.2, 0) is 0 Å². The van der Waals surface area contributed by atoms with E-state index in [9.17, 15) is 0 Å². The predicted octanol–water partition coefficient (Wildman–Crippen LogP) is 5.16. The van der Waals surface area contributed by atoms with Crippen LogP contribution in [0.1, 0.15) is 5.69 Å². The molecule has 0 amide bonds. The van der Waals surface area contributed by atoms with Gasteiger partial charge in [0.05, 0.1) is 10.5 Å². The summed E-state index contributed by atoms with van der Waals surface area (Å²) in [7, 11) is 0. The minimum atomic E-state index is 0.524. The number of nitrogens with zero attached hydrogens (tertiary/aromatic N) is 3. The molecule has 0 bridgehead atoms. The van der Waals surface area contributed by atoms with E-state index in [1.807, 2.05) is 43.3 Å². The van der Waals surface area contributed by atoms with Crippen LogP contribution in [0.25, 0.3) is 22.3 Å². The highest BCUT2D eigenvalue weighted by Gasteiger charge is 2.10. The fraction of sp³-hybridized carbons (Fsp3) is 0.150. The van der Waals surface area contributed by atoms with Crippen molar-refractivity contribution in [3.8, 4) is 11.4 Å². The lowest BCUT2D eigenvalue weighted by atomic mass is 10.2. The predicted molar refractivity (Wildman–Crippen MR) is 115 cm³/mol. The highest BCUT2D eigenvalue weighted by atomic mass is 35.5. The average Bonchev–Trinajstić information content (AvgIpc) is 3.08. The molecule has 0 aliphatic heterocycles. The van der Waals surface area contributed by atoms with Crippen molar-refractivity contribution in [1.82, 2.24) is 20.2 Å². The van der Waals surface area contributed by atoms with Crippen molar-refractivity contribution in [3.63, 3.8) is 0 Å². The molecule has 0 saturated carbocycles. The minimum absolute atomic E-state index is 0.524. The van der Waals surface area contributed by atoms with Crippen LogP contribution in [0, 0.1) is 6.92 Å². The van der Waals surface area contributed by atoms with E-state index in [4.69, 9.17) is 23.2 Å². The summed E-state index contributed by atoms with van der Waals surface area (Å²) in [5.41, 5.74) is 2.61. The van der Waals surface area contributed by atoms with Crippen LogP contribution in [0.4, 0.5) is 11.6 Å². The molecule has 0 aliphatic rings. The van der Waals surface area contributed by atoms with E-state index >= 15 is 0 Å². The highest BCUT2D eigenvalue weighted by Crippen LogP contribution is 2.29. The van der Waals surface area contributed by atoms with Crippen molar-refractivity contribution in [2.75, 3.05) is 23.7 Å². The summed E-state index contributed by atoms with van der Waals surface area (Å²) in [5, 5.41) is 16.1. The number of hydrogen-bond acceptors (Lipinski definition) is 5. The Hall–Kier alpha value is -2.83. The molecule has 0 spiro atoms. The number of aryl methyl sites for hydroxylation is 1. The fourth-order valence-corrected chi connectivity index (χ4v) is 3.41. The number of rotatable bonds is 6. The van der Waals surface area contributed by atoms with Gasteiger partial charge in [-0.2, -0.15) is 5.10 Å². The zero-order chi connectivity index (χ0) is 19.5. The van der Waals surface area contributed by atoms with Gasteiger partial charge in [0.2, 0.25) is 0 Å². The van der Waals surface area contributed by atoms with Gasteiger partial charge in [-0.15, -0.1) is 0 Å². The number of nitrogens with one attached hydrogen (secondary N) is 3. The first-order valence-electron chi connectivity index (χ1n) is 8.82. The molecule has 2 aromatic heterocycles. The van der Waals surface area contributed by atoms with Crippen molar-refractivity contribution in [1.29, 1.82) is 0 Å². The van der Waals surface area contributed by atoms with Gasteiger partial charge in [0, 0.05) is 40.8 Å². The number of anilines is 2. The highest BCUT2D eigenvalue weighted by molar-refractivity contribution is 6.36. The van der Waals surface area contributed by atoms with Crippen LogP contribution in [0.2, 0.25) is 10.0 Å². The Balaban J connectivity index is 1.43. The Morgan fingerprint density at radius 1 is 0.964 bits per heavy atom. The van der Waals surface area contributed by atoms with E-state index in [0.29, 0.717) is 29.0 Å². The van der Waals surface area contributed by atoms with Crippen molar-refractivity contribution in [2.24, 2.45) is 0 Å². The van der Waals surface area contributed by atoms with E-state index in [-0.39, 0.29) is 0 Å². The van der Waals surface area contributed by atoms with Crippen LogP contribution >= 0.6 is 23.2 Å². The van der Waals surface area contributed by atoms with E-state index in [1.54, 1.807) is 12.1 Å². The third kappa shape index (κ3) is 4.03. The number of halogens is 2. The lowest BCUT2D eigenvalue weighted by molar-refractivity contribution is 1.02. The van der Waals surface area contributed by atoms with Gasteiger partial charge in [-0.1, -0.05) is 35.3 Å². The maximum Gasteiger partial charge on any atom is 0.163 e. The van der Waals surface area contributed by atoms with Crippen LogP contribution in [0.3, 0.4) is 0 Å². The topological polar surface area (TPSA) is 78.5 Å². The standard InChI is InChI=1S/C20H18Cl2N6/c1-12-10-18(26-20(25-12)14-7-6-13(21)11-16(14)22)23-8-9-24-19-15-4-2-3-5-17(15)27-28-19/h2-7,10-11H,8-9H2,1H3,(H,23,25,26)(H2,24,27,28). The summed E-state index contributed by atoms with van der Waals surface area (Å²) in [6, 6.07) is 15.2. The van der Waals surface area contributed by atoms with Gasteiger partial charge >= 0.3 is 0 Å². The van der Waals surface area contributed by atoms with Crippen LogP contribution in [0.5, 0.6) is 0 Å². The lowest BCUT2D eigenvalue weighted by Gasteiger charge is -2.10. The van der Waals surface area contributed by atoms with Crippen LogP contribution < -0.4 is 10.6 Å². The molecule has 0 aliphatic carbocycles. The van der Waals surface area contributed by atoms with E-state index in [2.05, 4.69) is 30.8 Å². The Bertz CT molecular complexity index is 1120. The molecule has 2 heterocycles. The smallest absolute Gasteiger partial charge is 0.163 e. The van der Waals surface area contributed by atoms with E-state index in [1.165, 1.54) is 0 Å². The Labute approximate surface area is 172 Å². The Morgan fingerprint density at radius 2 is 1.79 bits per heavy atom. The summed E-state index contributed by atoms with van der Waals surface area (Å²) in [6.07, 6.45) is 0. The second kappa shape index (κ2) is 8.04. The van der Waals surface area contributed by atoms with Gasteiger partial charge in [0.1, 0.15) is 5.82 Å². The van der Waals surface area contributed by atoms with Crippen molar-refractivity contribution >= 4 is 45.7 Å². The number of H-pyrrole nitrogens is 1. The number of fused-ring (bicyclic) bond motifs is 1. The molecule has 3 N–H and O–H groups in total. The van der Waals surface area contributed by atoms with Crippen LogP contribution in [0.15, 0.2) is 48.5 Å². The zero-order valence-electron chi connectivity index (χ0n) is 15.1. The molecule has 4 rings (SSSR count). The van der Waals surface area contributed by atoms with E-state index in [0.717, 1.165) is 33.8 Å². The zero-order valence-corrected chi connectivity index (χ0v) is 16.6. The van der Waals surface area contributed by atoms with Gasteiger partial charge < -0.3 is 10.6 Å². The molecule has 8 heteroatoms. The van der Waals surface area contributed by atoms with Crippen molar-refractivity contribution in [3.05, 3.63) is 64.3 Å². The SMILES string of the molecule is Cc1cc(NCCNc2n[nH]c3ccccc23)nc(-c2ccc(Cl)cc2Cl)n1. The van der Waals surface area contributed by atoms with Gasteiger partial charge in [-0.3, -0.25) is 5.10 Å². The van der Waals surface area contributed by atoms with Crippen molar-refractivity contribution in [2.45, 2.75) is 6.92 Å². The number of benzene rings is 2. The van der Waals surface area contributed by atoms with Gasteiger partial charge in [-0.05, 0) is 37.3 Å². The Kier molecular flexibility index (Phi) is 5.32. The molecule has 0 atom stereocenters. The lowest BCUT2D eigenvalue weighted by Crippen LogP contribution is -2.15. The number of aromatic nitrogens is 4. The van der Waals surface area contributed by atoms with Gasteiger partial charge in [-0.25, -0.2) is 9.97 Å². The second-order valence-corrected chi connectivity index (χ2v) is 7.16. The molecule has 0 saturated heterocycles. The summed E-state index contributed by atoms with van der Waals surface area (Å²) in [6.45, 7) is 3.29. The van der Waals surface area contributed by atoms with Crippen LogP contribution in [-0.4, -0.2) is 33.3 Å². The quantitative estimate of drug-likeness (QED) is 0.381. The first kappa shape index (κ1) is 18.5. The summed E-state index contributed by atoms with van der Waals surface area (Å²) < 4.78 is 0. The summed E-state index contributed by atoms with van der Waals surface area (Å²) in [5.74, 6) is 2.14. The normalized spacial score (nSPS) is 11.0. The largest absolute Gasteiger partial charge is 0.368 e. The molecule has 142 valence electrons. The maximum absolute atomic E-state index is 6.30. The molecule has 0 fully saturated rings. The number of hydrogen-bond donors (Lipinski definition) is 3. The second-order valence-electron chi connectivity index (χ2n) is 6.31. The third-order valence-corrected chi connectivity index (χ3v) is 4.77. The number of para-hydroxylation sites is 1. The summed E-state index contributed by atoms with van der Waals surface area (Å²) in [4.78, 5) is 9.07. The molecule has 28 heavy (non-hydrogen) atoms. The van der Waals surface area contributed by atoms with E-state index < -0.39 is 0 Å². The third-order valence-electron chi connectivity index (χ3n) is 4.22. The fourth-order valence-electron chi connectivity index (χ4n) is 2.92. The molecule has 6 nitrogen and oxygen atoms in total.